The molecule has 0 unspecified atom stereocenters. The van der Waals surface area contributed by atoms with E-state index in [9.17, 15) is 0 Å². The van der Waals surface area contributed by atoms with Crippen LogP contribution in [0.5, 0.6) is 0 Å². The van der Waals surface area contributed by atoms with Crippen LogP contribution >= 0.6 is 7.47 Å². The summed E-state index contributed by atoms with van der Waals surface area (Å²) in [5, 5.41) is 0. The van der Waals surface area contributed by atoms with E-state index in [4.69, 9.17) is 0 Å². The smallest absolute Gasteiger partial charge is 0.0590 e. The summed E-state index contributed by atoms with van der Waals surface area (Å²) in [6, 6.07) is 0. The molecule has 0 aliphatic heterocycles. The van der Waals surface area contributed by atoms with Gasteiger partial charge in [0.15, 0.2) is 0 Å². The molecule has 2 heteroatoms. The van der Waals surface area contributed by atoms with Crippen molar-refractivity contribution in [2.75, 3.05) is 12.3 Å². The fraction of sp³-hybridized carbons (Fsp3) is 1.00. The van der Waals surface area contributed by atoms with E-state index >= 15 is 0 Å². The standard InChI is InChI=1S/C6H17PSi/c1-5-7(6-2)8(3)4/h8H,5-6H2,1-4H3. The second-order valence-corrected chi connectivity index (χ2v) is 12.2. The highest BCUT2D eigenvalue weighted by Gasteiger charge is 2.06. The minimum absolute atomic E-state index is 0.221. The molecule has 0 nitrogen and oxygen atoms in total. The summed E-state index contributed by atoms with van der Waals surface area (Å²) in [7, 11) is 0.303. The van der Waals surface area contributed by atoms with Crippen molar-refractivity contribution in [3.63, 3.8) is 0 Å². The molecule has 0 aliphatic carbocycles. The highest BCUT2D eigenvalue weighted by atomic mass is 31.4. The summed E-state index contributed by atoms with van der Waals surface area (Å²) in [6.45, 7) is 9.61. The lowest BCUT2D eigenvalue weighted by Crippen LogP contribution is -2.01. The Morgan fingerprint density at radius 2 is 1.50 bits per heavy atom. The largest absolute Gasteiger partial charge is 0.123 e. The first-order chi connectivity index (χ1) is 3.72. The van der Waals surface area contributed by atoms with Gasteiger partial charge in [-0.15, -0.1) is 7.47 Å². The first kappa shape index (κ1) is 8.65. The fourth-order valence-corrected chi connectivity index (χ4v) is 7.24. The third-order valence-electron chi connectivity index (χ3n) is 1.54. The van der Waals surface area contributed by atoms with Crippen LogP contribution in [0.4, 0.5) is 0 Å². The van der Waals surface area contributed by atoms with Gasteiger partial charge in [-0.2, -0.15) is 0 Å². The Bertz CT molecular complexity index is 50.5. The highest BCUT2D eigenvalue weighted by Crippen LogP contribution is 2.36. The lowest BCUT2D eigenvalue weighted by atomic mass is 11.0. The summed E-state index contributed by atoms with van der Waals surface area (Å²) in [5.74, 6) is 0. The lowest BCUT2D eigenvalue weighted by Gasteiger charge is -2.15. The zero-order chi connectivity index (χ0) is 6.57. The van der Waals surface area contributed by atoms with Gasteiger partial charge < -0.3 is 0 Å². The quantitative estimate of drug-likeness (QED) is 0.426. The van der Waals surface area contributed by atoms with E-state index in [1.165, 1.54) is 12.3 Å². The Labute approximate surface area is 55.9 Å². The molecule has 0 aromatic rings. The summed E-state index contributed by atoms with van der Waals surface area (Å²) < 4.78 is 0. The van der Waals surface area contributed by atoms with Gasteiger partial charge in [0.25, 0.3) is 0 Å². The Morgan fingerprint density at radius 1 is 1.12 bits per heavy atom. The normalized spacial score (nSPS) is 11.2. The van der Waals surface area contributed by atoms with Crippen LogP contribution in [-0.4, -0.2) is 20.8 Å². The van der Waals surface area contributed by atoms with E-state index in [-0.39, 0.29) is 8.46 Å². The zero-order valence-electron chi connectivity index (χ0n) is 6.44. The molecule has 0 fully saturated rings. The van der Waals surface area contributed by atoms with Gasteiger partial charge in [-0.3, -0.25) is 0 Å². The maximum atomic E-state index is 2.47. The molecular formula is C6H17PSi. The van der Waals surface area contributed by atoms with Crippen LogP contribution in [0.1, 0.15) is 13.8 Å². The minimum Gasteiger partial charge on any atom is -0.123 e. The molecule has 0 atom stereocenters. The van der Waals surface area contributed by atoms with Gasteiger partial charge in [0.1, 0.15) is 0 Å². The van der Waals surface area contributed by atoms with Crippen molar-refractivity contribution in [2.45, 2.75) is 26.9 Å². The predicted octanol–water partition coefficient (Wildman–Crippen LogP) is 2.49. The van der Waals surface area contributed by atoms with Crippen molar-refractivity contribution in [2.24, 2.45) is 0 Å². The molecule has 0 N–H and O–H groups in total. The summed E-state index contributed by atoms with van der Waals surface area (Å²) in [4.78, 5) is 0. The van der Waals surface area contributed by atoms with Crippen molar-refractivity contribution in [3.8, 4) is 0 Å². The van der Waals surface area contributed by atoms with E-state index in [0.717, 1.165) is 0 Å². The Morgan fingerprint density at radius 3 is 1.50 bits per heavy atom. The maximum absolute atomic E-state index is 2.47. The average molecular weight is 148 g/mol. The fourth-order valence-electron chi connectivity index (χ4n) is 0.954. The lowest BCUT2D eigenvalue weighted by molar-refractivity contribution is 1.43. The SMILES string of the molecule is CCP(CC)[SiH](C)C. The minimum atomic E-state index is -0.221. The highest BCUT2D eigenvalue weighted by molar-refractivity contribution is 7.89. The van der Waals surface area contributed by atoms with Gasteiger partial charge in [-0.1, -0.05) is 26.9 Å². The number of hydrogen-bond acceptors (Lipinski definition) is 0. The van der Waals surface area contributed by atoms with Crippen LogP contribution in [0.15, 0.2) is 0 Å². The molecule has 50 valence electrons. The van der Waals surface area contributed by atoms with Gasteiger partial charge in [0, 0.05) is 0 Å². The van der Waals surface area contributed by atoms with E-state index < -0.39 is 0 Å². The van der Waals surface area contributed by atoms with Crippen molar-refractivity contribution in [1.29, 1.82) is 0 Å². The molecule has 0 aliphatic rings. The van der Waals surface area contributed by atoms with Crippen LogP contribution in [0.25, 0.3) is 0 Å². The second kappa shape index (κ2) is 4.52. The average Bonchev–Trinajstić information content (AvgIpc) is 1.69. The van der Waals surface area contributed by atoms with Gasteiger partial charge in [-0.25, -0.2) is 0 Å². The van der Waals surface area contributed by atoms with Crippen molar-refractivity contribution in [1.82, 2.24) is 0 Å². The monoisotopic (exact) mass is 148 g/mol. The van der Waals surface area contributed by atoms with Gasteiger partial charge in [0.2, 0.25) is 0 Å². The van der Waals surface area contributed by atoms with Gasteiger partial charge in [-0.05, 0) is 12.3 Å². The first-order valence-corrected chi connectivity index (χ1v) is 9.10. The zero-order valence-corrected chi connectivity index (χ0v) is 8.49. The van der Waals surface area contributed by atoms with E-state index in [2.05, 4.69) is 26.9 Å². The number of rotatable bonds is 3. The molecule has 0 saturated heterocycles. The van der Waals surface area contributed by atoms with Crippen LogP contribution in [0.2, 0.25) is 13.1 Å². The van der Waals surface area contributed by atoms with Gasteiger partial charge >= 0.3 is 0 Å². The Balaban J connectivity index is 3.35. The van der Waals surface area contributed by atoms with Crippen molar-refractivity contribution < 1.29 is 0 Å². The van der Waals surface area contributed by atoms with E-state index in [1.807, 2.05) is 0 Å². The van der Waals surface area contributed by atoms with Crippen LogP contribution in [0, 0.1) is 0 Å². The van der Waals surface area contributed by atoms with Gasteiger partial charge in [0.05, 0.1) is 8.46 Å². The molecule has 0 heterocycles. The molecule has 0 radical (unpaired) electrons. The third-order valence-corrected chi connectivity index (χ3v) is 11.2. The topological polar surface area (TPSA) is 0 Å². The summed E-state index contributed by atoms with van der Waals surface area (Å²) in [6.07, 6.45) is 2.94. The molecule has 8 heavy (non-hydrogen) atoms. The summed E-state index contributed by atoms with van der Waals surface area (Å²) in [5.41, 5.74) is 0. The molecule has 0 rings (SSSR count). The van der Waals surface area contributed by atoms with Crippen molar-refractivity contribution >= 4 is 15.9 Å². The molecular weight excluding hydrogens is 131 g/mol. The van der Waals surface area contributed by atoms with Crippen LogP contribution in [0.3, 0.4) is 0 Å². The third kappa shape index (κ3) is 2.83. The molecule has 0 amide bonds. The molecule has 0 bridgehead atoms. The molecule has 0 aromatic heterocycles. The Hall–Kier alpha value is 0.647. The molecule has 0 aromatic carbocycles. The number of hydrogen-bond donors (Lipinski definition) is 0. The molecule has 0 saturated carbocycles. The van der Waals surface area contributed by atoms with E-state index in [1.54, 1.807) is 0 Å². The van der Waals surface area contributed by atoms with Crippen LogP contribution in [-0.2, 0) is 0 Å². The first-order valence-electron chi connectivity index (χ1n) is 3.46. The summed E-state index contributed by atoms with van der Waals surface area (Å²) >= 11 is 0. The van der Waals surface area contributed by atoms with Crippen molar-refractivity contribution in [3.05, 3.63) is 0 Å². The Kier molecular flexibility index (Phi) is 4.88. The molecule has 0 spiro atoms. The maximum Gasteiger partial charge on any atom is 0.0590 e. The van der Waals surface area contributed by atoms with E-state index in [0.29, 0.717) is 7.47 Å². The van der Waals surface area contributed by atoms with Crippen LogP contribution < -0.4 is 0 Å². The predicted molar refractivity (Wildman–Crippen MR) is 46.9 cm³/mol. The second-order valence-electron chi connectivity index (χ2n) is 2.31.